The molecule has 0 aliphatic heterocycles. The van der Waals surface area contributed by atoms with E-state index in [4.69, 9.17) is 67.5 Å². The van der Waals surface area contributed by atoms with Crippen LogP contribution in [0, 0.1) is 0 Å². The highest BCUT2D eigenvalue weighted by Gasteiger charge is 2.26. The Morgan fingerprint density at radius 2 is 1.03 bits per heavy atom. The molecule has 4 amide bonds. The second-order valence-corrected chi connectivity index (χ2v) is 16.0. The van der Waals surface area contributed by atoms with Crippen LogP contribution in [0.4, 0.5) is 34.1 Å². The lowest BCUT2D eigenvalue weighted by atomic mass is 10.1. The van der Waals surface area contributed by atoms with Gasteiger partial charge in [0.25, 0.3) is 23.6 Å². The molecule has 0 aliphatic carbocycles. The predicted octanol–water partition coefficient (Wildman–Crippen LogP) is 11.1. The number of nitrogens with zero attached hydrogens (tertiary/aromatic N) is 4. The Morgan fingerprint density at radius 1 is 0.567 bits per heavy atom. The van der Waals surface area contributed by atoms with Crippen LogP contribution < -0.4 is 30.7 Å². The van der Waals surface area contributed by atoms with Crippen LogP contribution >= 0.6 is 58.0 Å². The number of methoxy groups -OCH3 is 2. The van der Waals surface area contributed by atoms with E-state index in [0.29, 0.717) is 39.6 Å². The number of nitrogens with one attached hydrogen (secondary N) is 4. The van der Waals surface area contributed by atoms with Crippen LogP contribution in [0.3, 0.4) is 0 Å². The average Bonchev–Trinajstić information content (AvgIpc) is 3.30. The van der Waals surface area contributed by atoms with Crippen LogP contribution in [-0.4, -0.2) is 67.4 Å². The Labute approximate surface area is 409 Å². The average molecular weight is 1010 g/mol. The van der Waals surface area contributed by atoms with Gasteiger partial charge in [0.2, 0.25) is 12.1 Å². The number of amides is 4. The van der Waals surface area contributed by atoms with Gasteiger partial charge in [0.05, 0.1) is 58.5 Å². The van der Waals surface area contributed by atoms with Gasteiger partial charge in [-0.1, -0.05) is 35.3 Å². The Kier molecular flexibility index (Phi) is 18.8. The number of hydrogen-bond acceptors (Lipinski definition) is 12. The van der Waals surface area contributed by atoms with Gasteiger partial charge in [0.1, 0.15) is 11.5 Å². The summed E-state index contributed by atoms with van der Waals surface area (Å²) in [4.78, 5) is 78.9. The summed E-state index contributed by atoms with van der Waals surface area (Å²) in [5.74, 6) is -2.92. The summed E-state index contributed by atoms with van der Waals surface area (Å²) in [6, 6.07) is 19.8. The third kappa shape index (κ3) is 13.4. The smallest absolute Gasteiger partial charge is 0.258 e. The molecule has 67 heavy (non-hydrogen) atoms. The maximum Gasteiger partial charge on any atom is 0.258 e. The van der Waals surface area contributed by atoms with Crippen molar-refractivity contribution in [1.29, 1.82) is 0 Å². The minimum atomic E-state index is -1.61. The summed E-state index contributed by atoms with van der Waals surface area (Å²) in [7, 11) is 2.96. The lowest BCUT2D eigenvalue weighted by Gasteiger charge is -2.16. The van der Waals surface area contributed by atoms with Crippen molar-refractivity contribution in [1.82, 2.24) is 0 Å². The van der Waals surface area contributed by atoms with Gasteiger partial charge in [0.15, 0.2) is 11.6 Å². The summed E-state index contributed by atoms with van der Waals surface area (Å²) in [5.41, 5.74) is 3.17. The van der Waals surface area contributed by atoms with Crippen molar-refractivity contribution in [3.63, 3.8) is 0 Å². The zero-order valence-electron chi connectivity index (χ0n) is 36.1. The van der Waals surface area contributed by atoms with E-state index in [0.717, 1.165) is 13.8 Å². The minimum absolute atomic E-state index is 0.0331. The molecule has 348 valence electrons. The Morgan fingerprint density at radius 3 is 1.45 bits per heavy atom. The number of aryl methyl sites for hydroxylation is 1. The second-order valence-electron chi connectivity index (χ2n) is 14.2. The fraction of sp³-hybridized carbons (Fsp3) is 0.217. The molecule has 0 aromatic heterocycles. The number of halogens is 5. The van der Waals surface area contributed by atoms with Gasteiger partial charge in [-0.2, -0.15) is 20.5 Å². The first kappa shape index (κ1) is 51.6. The molecule has 21 heteroatoms. The predicted molar refractivity (Wildman–Crippen MR) is 260 cm³/mol. The molecule has 0 heterocycles. The summed E-state index contributed by atoms with van der Waals surface area (Å²) in [5, 5.41) is 27.1. The molecule has 0 aliphatic rings. The lowest BCUT2D eigenvalue weighted by molar-refractivity contribution is -0.127. The van der Waals surface area contributed by atoms with Gasteiger partial charge in [-0.05, 0) is 105 Å². The molecule has 0 spiro atoms. The molecule has 0 radical (unpaired) electrons. The van der Waals surface area contributed by atoms with E-state index in [9.17, 15) is 28.8 Å². The van der Waals surface area contributed by atoms with Crippen molar-refractivity contribution < 1.29 is 38.2 Å². The SMILES string of the molecule is COc1cccc(NC(=O)c2cc(N=NC(C(C)=O)C(=O)Nc3ccc(NC(=O)C(N=Nc4ccc(Cl)c(C(=O)Nc5cccc(OC)c5CCl)c4)C(C)=O)c(CCCl)c3)ccc2Cl)c1CCl. The monoisotopic (exact) mass is 1010 g/mol. The van der Waals surface area contributed by atoms with E-state index >= 15 is 0 Å². The number of carbonyl (C=O) groups excluding carboxylic acids is 6. The van der Waals surface area contributed by atoms with Crippen molar-refractivity contribution in [3.8, 4) is 11.5 Å². The first-order valence-electron chi connectivity index (χ1n) is 19.9. The maximum absolute atomic E-state index is 13.5. The van der Waals surface area contributed by atoms with E-state index in [-0.39, 0.29) is 68.0 Å². The van der Waals surface area contributed by atoms with Gasteiger partial charge in [-0.15, -0.1) is 34.8 Å². The Bertz CT molecular complexity index is 2770. The van der Waals surface area contributed by atoms with Crippen molar-refractivity contribution in [3.05, 3.63) is 129 Å². The Balaban J connectivity index is 1.28. The number of anilines is 4. The summed E-state index contributed by atoms with van der Waals surface area (Å²) < 4.78 is 10.7. The zero-order valence-corrected chi connectivity index (χ0v) is 39.9. The number of azo groups is 2. The van der Waals surface area contributed by atoms with Gasteiger partial charge in [-0.3, -0.25) is 28.8 Å². The summed E-state index contributed by atoms with van der Waals surface area (Å²) in [6.45, 7) is 2.33. The van der Waals surface area contributed by atoms with Crippen molar-refractivity contribution in [2.24, 2.45) is 20.5 Å². The van der Waals surface area contributed by atoms with E-state index in [1.165, 1.54) is 68.8 Å². The molecular formula is C46H41Cl5N8O8. The van der Waals surface area contributed by atoms with Crippen molar-refractivity contribution in [2.75, 3.05) is 41.4 Å². The fourth-order valence-electron chi connectivity index (χ4n) is 6.30. The van der Waals surface area contributed by atoms with E-state index in [1.54, 1.807) is 36.4 Å². The van der Waals surface area contributed by atoms with Crippen LogP contribution in [0.25, 0.3) is 0 Å². The molecule has 2 unspecified atom stereocenters. The van der Waals surface area contributed by atoms with Crippen LogP contribution in [0.1, 0.15) is 51.3 Å². The molecule has 0 saturated heterocycles. The minimum Gasteiger partial charge on any atom is -0.496 e. The normalized spacial score (nSPS) is 12.0. The number of ether oxygens (including phenoxy) is 2. The van der Waals surface area contributed by atoms with Gasteiger partial charge in [0, 0.05) is 39.8 Å². The van der Waals surface area contributed by atoms with Gasteiger partial charge in [-0.25, -0.2) is 0 Å². The first-order valence-corrected chi connectivity index (χ1v) is 22.3. The van der Waals surface area contributed by atoms with Crippen LogP contribution in [0.2, 0.25) is 10.0 Å². The highest BCUT2D eigenvalue weighted by Crippen LogP contribution is 2.32. The molecule has 0 saturated carbocycles. The maximum atomic E-state index is 13.5. The number of carbonyl (C=O) groups is 6. The largest absolute Gasteiger partial charge is 0.496 e. The number of ketones is 2. The summed E-state index contributed by atoms with van der Waals surface area (Å²) >= 11 is 31.0. The fourth-order valence-corrected chi connectivity index (χ4v) is 7.46. The van der Waals surface area contributed by atoms with E-state index < -0.39 is 47.3 Å². The number of alkyl halides is 3. The van der Waals surface area contributed by atoms with Gasteiger partial charge < -0.3 is 30.7 Å². The number of benzene rings is 5. The topological polar surface area (TPSA) is 218 Å². The third-order valence-electron chi connectivity index (χ3n) is 9.70. The highest BCUT2D eigenvalue weighted by molar-refractivity contribution is 6.35. The molecule has 5 aromatic carbocycles. The third-order valence-corrected chi connectivity index (χ3v) is 11.1. The molecule has 5 rings (SSSR count). The van der Waals surface area contributed by atoms with E-state index in [2.05, 4.69) is 41.7 Å². The van der Waals surface area contributed by atoms with E-state index in [1.807, 2.05) is 0 Å². The van der Waals surface area contributed by atoms with Crippen LogP contribution in [-0.2, 0) is 37.4 Å². The molecular weight excluding hydrogens is 970 g/mol. The lowest BCUT2D eigenvalue weighted by Crippen LogP contribution is -2.32. The molecule has 0 fully saturated rings. The number of hydrogen-bond donors (Lipinski definition) is 4. The zero-order chi connectivity index (χ0) is 48.8. The molecule has 16 nitrogen and oxygen atoms in total. The number of Topliss-reactive ketones (excluding diaryl/α,β-unsaturated/α-hetero) is 2. The van der Waals surface area contributed by atoms with Gasteiger partial charge >= 0.3 is 0 Å². The van der Waals surface area contributed by atoms with Crippen molar-refractivity contribution >= 4 is 127 Å². The molecule has 5 aromatic rings. The quantitative estimate of drug-likeness (QED) is 0.0333. The highest BCUT2D eigenvalue weighted by atomic mass is 35.5. The second kappa shape index (κ2) is 24.4. The standard InChI is InChI=1S/C46H41Cl5N8O8/c1-24(60)41(58-56-28-11-14-34(50)30(20-28)43(62)54-37-7-5-9-39(66-3)32(37)22-48)45(64)52-27-13-16-36(26(19-27)17-18-47)53-46(65)42(25(2)61)59-57-29-12-15-35(51)31(21-29)44(63)55-38-8-6-10-40(67-4)33(38)23-49/h5-16,19-21,41-42H,17-18,22-23H2,1-4H3,(H,52,64)(H,53,65)(H,54,62)(H,55,63). The molecule has 0 bridgehead atoms. The van der Waals surface area contributed by atoms with Crippen molar-refractivity contribution in [2.45, 2.75) is 44.1 Å². The number of rotatable bonds is 20. The molecule has 4 N–H and O–H groups in total. The van der Waals surface area contributed by atoms with Crippen LogP contribution in [0.5, 0.6) is 11.5 Å². The first-order chi connectivity index (χ1) is 32.1. The summed E-state index contributed by atoms with van der Waals surface area (Å²) in [6.07, 6.45) is 0.207. The Hall–Kier alpha value is -6.43. The van der Waals surface area contributed by atoms with Crippen LogP contribution in [0.15, 0.2) is 111 Å². The molecule has 2 atom stereocenters.